The van der Waals surface area contributed by atoms with Crippen LogP contribution in [0, 0.1) is 0 Å². The van der Waals surface area contributed by atoms with Gasteiger partial charge in [0.25, 0.3) is 0 Å². The standard InChI is InChI=1S/C31H44N2O3/c1-3-5-6-13-16-27-17-19-28(20-18-27)32-33-29-21-23-30(24-22-29)35-25-14-11-9-7-8-10-12-15-26-36-31(34)4-2/h4,17-24H,2-3,5-16,25-26H2,1H3. The van der Waals surface area contributed by atoms with Gasteiger partial charge in [0.2, 0.25) is 0 Å². The van der Waals surface area contributed by atoms with Crippen molar-refractivity contribution in [3.8, 4) is 5.75 Å². The quantitative estimate of drug-likeness (QED) is 0.0800. The molecule has 2 aromatic carbocycles. The van der Waals surface area contributed by atoms with Crippen LogP contribution in [0.3, 0.4) is 0 Å². The third-order valence-corrected chi connectivity index (χ3v) is 6.09. The van der Waals surface area contributed by atoms with E-state index >= 15 is 0 Å². The van der Waals surface area contributed by atoms with E-state index in [2.05, 4.69) is 35.9 Å². The van der Waals surface area contributed by atoms with E-state index in [1.807, 2.05) is 36.4 Å². The summed E-state index contributed by atoms with van der Waals surface area (Å²) < 4.78 is 10.8. The second kappa shape index (κ2) is 19.3. The number of azo groups is 1. The number of unbranched alkanes of at least 4 members (excludes halogenated alkanes) is 10. The molecule has 0 fully saturated rings. The Morgan fingerprint density at radius 2 is 1.25 bits per heavy atom. The first-order valence-electron chi connectivity index (χ1n) is 13.7. The Morgan fingerprint density at radius 1 is 0.722 bits per heavy atom. The summed E-state index contributed by atoms with van der Waals surface area (Å²) in [5.41, 5.74) is 3.07. The second-order valence-corrected chi connectivity index (χ2v) is 9.22. The number of carbonyl (C=O) groups is 1. The van der Waals surface area contributed by atoms with Crippen LogP contribution < -0.4 is 4.74 Å². The average molecular weight is 493 g/mol. The van der Waals surface area contributed by atoms with Crippen molar-refractivity contribution in [1.82, 2.24) is 0 Å². The molecule has 0 aliphatic carbocycles. The summed E-state index contributed by atoms with van der Waals surface area (Å²) in [5.74, 6) is 0.543. The van der Waals surface area contributed by atoms with E-state index in [9.17, 15) is 4.79 Å². The van der Waals surface area contributed by atoms with Gasteiger partial charge in [-0.25, -0.2) is 4.79 Å². The van der Waals surface area contributed by atoms with Crippen LogP contribution in [0.4, 0.5) is 11.4 Å². The minimum absolute atomic E-state index is 0.330. The molecule has 196 valence electrons. The summed E-state index contributed by atoms with van der Waals surface area (Å²) in [6.07, 6.45) is 16.7. The molecule has 0 unspecified atom stereocenters. The Balaban J connectivity index is 1.52. The van der Waals surface area contributed by atoms with E-state index in [1.54, 1.807) is 0 Å². The lowest BCUT2D eigenvalue weighted by Gasteiger charge is -2.06. The molecule has 0 aliphatic rings. The van der Waals surface area contributed by atoms with Gasteiger partial charge in [0.1, 0.15) is 5.75 Å². The van der Waals surface area contributed by atoms with Crippen LogP contribution in [0.1, 0.15) is 89.5 Å². The zero-order valence-corrected chi connectivity index (χ0v) is 22.1. The molecule has 0 heterocycles. The molecule has 36 heavy (non-hydrogen) atoms. The van der Waals surface area contributed by atoms with Gasteiger partial charge in [-0.3, -0.25) is 0 Å². The van der Waals surface area contributed by atoms with E-state index in [4.69, 9.17) is 9.47 Å². The van der Waals surface area contributed by atoms with Crippen LogP contribution in [0.15, 0.2) is 71.4 Å². The Hall–Kier alpha value is -2.95. The second-order valence-electron chi connectivity index (χ2n) is 9.22. The molecule has 5 heteroatoms. The Kier molecular flexibility index (Phi) is 15.7. The minimum atomic E-state index is -0.330. The van der Waals surface area contributed by atoms with E-state index in [0.29, 0.717) is 6.61 Å². The van der Waals surface area contributed by atoms with Crippen molar-refractivity contribution < 1.29 is 14.3 Å². The largest absolute Gasteiger partial charge is 0.494 e. The summed E-state index contributed by atoms with van der Waals surface area (Å²) >= 11 is 0. The molecule has 0 saturated carbocycles. The van der Waals surface area contributed by atoms with Gasteiger partial charge in [0.15, 0.2) is 0 Å². The smallest absolute Gasteiger partial charge is 0.330 e. The molecule has 0 amide bonds. The Labute approximate surface area is 218 Å². The lowest BCUT2D eigenvalue weighted by Crippen LogP contribution is -2.01. The number of hydrogen-bond donors (Lipinski definition) is 0. The fraction of sp³-hybridized carbons (Fsp3) is 0.516. The highest BCUT2D eigenvalue weighted by atomic mass is 16.5. The zero-order valence-electron chi connectivity index (χ0n) is 22.1. The first-order valence-corrected chi connectivity index (χ1v) is 13.7. The molecule has 0 radical (unpaired) electrons. The molecule has 2 rings (SSSR count). The number of hydrogen-bond acceptors (Lipinski definition) is 5. The number of benzene rings is 2. The maximum Gasteiger partial charge on any atom is 0.330 e. The monoisotopic (exact) mass is 492 g/mol. The van der Waals surface area contributed by atoms with Crippen molar-refractivity contribution in [2.45, 2.75) is 90.4 Å². The van der Waals surface area contributed by atoms with Crippen molar-refractivity contribution in [2.75, 3.05) is 13.2 Å². The zero-order chi connectivity index (χ0) is 25.7. The molecule has 0 N–H and O–H groups in total. The Morgan fingerprint density at radius 3 is 1.83 bits per heavy atom. The number of nitrogens with zero attached hydrogens (tertiary/aromatic N) is 2. The van der Waals surface area contributed by atoms with E-state index in [1.165, 1.54) is 69.4 Å². The third kappa shape index (κ3) is 13.8. The maximum absolute atomic E-state index is 10.9. The minimum Gasteiger partial charge on any atom is -0.494 e. The van der Waals surface area contributed by atoms with Crippen molar-refractivity contribution in [1.29, 1.82) is 0 Å². The van der Waals surface area contributed by atoms with E-state index < -0.39 is 0 Å². The molecular weight excluding hydrogens is 448 g/mol. The number of aryl methyl sites for hydroxylation is 1. The molecule has 0 spiro atoms. The molecular formula is C31H44N2O3. The first-order chi connectivity index (χ1) is 17.7. The third-order valence-electron chi connectivity index (χ3n) is 6.09. The van der Waals surface area contributed by atoms with Crippen molar-refractivity contribution in [3.05, 3.63) is 66.7 Å². The lowest BCUT2D eigenvalue weighted by atomic mass is 10.1. The van der Waals surface area contributed by atoms with Gasteiger partial charge in [-0.1, -0.05) is 83.4 Å². The summed E-state index contributed by atoms with van der Waals surface area (Å²) in [6.45, 7) is 6.86. The number of carbonyl (C=O) groups excluding carboxylic acids is 1. The molecule has 2 aromatic rings. The molecule has 0 atom stereocenters. The van der Waals surface area contributed by atoms with Gasteiger partial charge in [-0.15, -0.1) is 0 Å². The summed E-state index contributed by atoms with van der Waals surface area (Å²) in [7, 11) is 0. The molecule has 0 aliphatic heterocycles. The highest BCUT2D eigenvalue weighted by Gasteiger charge is 1.99. The van der Waals surface area contributed by atoms with Crippen LogP contribution in [-0.2, 0) is 16.0 Å². The predicted octanol–water partition coefficient (Wildman–Crippen LogP) is 9.45. The van der Waals surface area contributed by atoms with Crippen LogP contribution in [0.25, 0.3) is 0 Å². The Bertz CT molecular complexity index is 876. The normalized spacial score (nSPS) is 11.0. The number of ether oxygens (including phenoxy) is 2. The summed E-state index contributed by atoms with van der Waals surface area (Å²) in [5, 5.41) is 8.71. The summed E-state index contributed by atoms with van der Waals surface area (Å²) in [4.78, 5) is 10.9. The van der Waals surface area contributed by atoms with Crippen LogP contribution in [0.2, 0.25) is 0 Å². The van der Waals surface area contributed by atoms with Crippen molar-refractivity contribution in [2.24, 2.45) is 10.2 Å². The number of esters is 1. The first kappa shape index (κ1) is 29.3. The molecule has 0 aromatic heterocycles. The highest BCUT2D eigenvalue weighted by Crippen LogP contribution is 2.22. The average Bonchev–Trinajstić information content (AvgIpc) is 2.91. The number of rotatable bonds is 20. The maximum atomic E-state index is 10.9. The molecule has 5 nitrogen and oxygen atoms in total. The van der Waals surface area contributed by atoms with Crippen LogP contribution >= 0.6 is 0 Å². The topological polar surface area (TPSA) is 60.2 Å². The summed E-state index contributed by atoms with van der Waals surface area (Å²) in [6, 6.07) is 16.2. The van der Waals surface area contributed by atoms with Gasteiger partial charge in [0.05, 0.1) is 24.6 Å². The van der Waals surface area contributed by atoms with Gasteiger partial charge in [-0.2, -0.15) is 10.2 Å². The van der Waals surface area contributed by atoms with Crippen LogP contribution in [-0.4, -0.2) is 19.2 Å². The van der Waals surface area contributed by atoms with Crippen LogP contribution in [0.5, 0.6) is 5.75 Å². The van der Waals surface area contributed by atoms with Gasteiger partial charge in [0, 0.05) is 6.08 Å². The van der Waals surface area contributed by atoms with Gasteiger partial charge in [-0.05, 0) is 67.6 Å². The fourth-order valence-electron chi connectivity index (χ4n) is 3.90. The van der Waals surface area contributed by atoms with E-state index in [0.717, 1.165) is 49.4 Å². The SMILES string of the molecule is C=CC(=O)OCCCCCCCCCCOc1ccc(N=Nc2ccc(CCCCCC)cc2)cc1. The van der Waals surface area contributed by atoms with Crippen molar-refractivity contribution >= 4 is 17.3 Å². The van der Waals surface area contributed by atoms with Crippen molar-refractivity contribution in [3.63, 3.8) is 0 Å². The lowest BCUT2D eigenvalue weighted by molar-refractivity contribution is -0.137. The van der Waals surface area contributed by atoms with Gasteiger partial charge >= 0.3 is 5.97 Å². The molecule has 0 bridgehead atoms. The van der Waals surface area contributed by atoms with Gasteiger partial charge < -0.3 is 9.47 Å². The predicted molar refractivity (Wildman–Crippen MR) is 148 cm³/mol. The van der Waals surface area contributed by atoms with E-state index in [-0.39, 0.29) is 5.97 Å². The highest BCUT2D eigenvalue weighted by molar-refractivity contribution is 5.81. The molecule has 0 saturated heterocycles. The fourth-order valence-corrected chi connectivity index (χ4v) is 3.90.